The van der Waals surface area contributed by atoms with Crippen LogP contribution in [0, 0.1) is 0 Å². The second-order valence-electron chi connectivity index (χ2n) is 5.65. The normalized spacial score (nSPS) is 17.9. The van der Waals surface area contributed by atoms with E-state index in [2.05, 4.69) is 0 Å². The van der Waals surface area contributed by atoms with Crippen LogP contribution in [-0.4, -0.2) is 50.2 Å². The van der Waals surface area contributed by atoms with Gasteiger partial charge in [0.05, 0.1) is 18.5 Å². The zero-order valence-electron chi connectivity index (χ0n) is 12.8. The van der Waals surface area contributed by atoms with Crippen LogP contribution in [0.15, 0.2) is 18.2 Å². The van der Waals surface area contributed by atoms with Crippen LogP contribution in [0.1, 0.15) is 40.4 Å². The van der Waals surface area contributed by atoms with E-state index in [0.29, 0.717) is 25.0 Å². The molecule has 1 aromatic rings. The fourth-order valence-electron chi connectivity index (χ4n) is 2.62. The fourth-order valence-corrected chi connectivity index (χ4v) is 3.15. The van der Waals surface area contributed by atoms with Gasteiger partial charge in [-0.25, -0.2) is 0 Å². The molecule has 1 atom stereocenters. The van der Waals surface area contributed by atoms with Gasteiger partial charge in [-0.1, -0.05) is 6.07 Å². The third-order valence-corrected chi connectivity index (χ3v) is 4.51. The van der Waals surface area contributed by atoms with E-state index in [1.54, 1.807) is 20.2 Å². The van der Waals surface area contributed by atoms with Gasteiger partial charge in [-0.3, -0.25) is 9.35 Å². The van der Waals surface area contributed by atoms with Gasteiger partial charge in [0, 0.05) is 19.7 Å². The van der Waals surface area contributed by atoms with Gasteiger partial charge < -0.3 is 9.64 Å². The molecule has 6 nitrogen and oxygen atoms in total. The Labute approximate surface area is 130 Å². The van der Waals surface area contributed by atoms with Crippen LogP contribution >= 0.6 is 0 Å². The lowest BCUT2D eigenvalue weighted by atomic mass is 9.93. The molecule has 2 rings (SSSR count). The van der Waals surface area contributed by atoms with Gasteiger partial charge in [0.2, 0.25) is 0 Å². The lowest BCUT2D eigenvalue weighted by molar-refractivity contribution is 0.0361. The first kappa shape index (κ1) is 16.9. The van der Waals surface area contributed by atoms with Gasteiger partial charge in [0.15, 0.2) is 0 Å². The van der Waals surface area contributed by atoms with Crippen LogP contribution < -0.4 is 0 Å². The van der Waals surface area contributed by atoms with Crippen molar-refractivity contribution in [3.05, 3.63) is 34.9 Å². The van der Waals surface area contributed by atoms with Gasteiger partial charge >= 0.3 is 0 Å². The summed E-state index contributed by atoms with van der Waals surface area (Å²) in [5.74, 6) is -0.309. The lowest BCUT2D eigenvalue weighted by Crippen LogP contribution is -2.23. The topological polar surface area (TPSA) is 83.9 Å². The van der Waals surface area contributed by atoms with Crippen molar-refractivity contribution in [1.82, 2.24) is 4.90 Å². The van der Waals surface area contributed by atoms with E-state index in [1.807, 2.05) is 12.1 Å². The minimum absolute atomic E-state index is 0.0442. The van der Waals surface area contributed by atoms with Crippen molar-refractivity contribution in [2.45, 2.75) is 25.4 Å². The molecule has 0 radical (unpaired) electrons. The average Bonchev–Trinajstić information content (AvgIpc) is 2.44. The Hall–Kier alpha value is -1.44. The zero-order valence-corrected chi connectivity index (χ0v) is 13.6. The van der Waals surface area contributed by atoms with Crippen LogP contribution in [0.2, 0.25) is 0 Å². The van der Waals surface area contributed by atoms with Crippen molar-refractivity contribution in [2.75, 3.05) is 26.5 Å². The maximum Gasteiger partial charge on any atom is 0.264 e. The molecular formula is C15H21NO5S. The van der Waals surface area contributed by atoms with Crippen molar-refractivity contribution in [1.29, 1.82) is 0 Å². The Kier molecular flexibility index (Phi) is 5.20. The molecule has 7 heteroatoms. The molecule has 1 amide bonds. The largest absolute Gasteiger partial charge is 0.373 e. The molecule has 1 N–H and O–H groups in total. The number of benzene rings is 1. The number of carbonyl (C=O) groups is 1. The molecule has 0 saturated heterocycles. The highest BCUT2D eigenvalue weighted by Crippen LogP contribution is 2.31. The van der Waals surface area contributed by atoms with Crippen LogP contribution in [-0.2, 0) is 21.3 Å². The number of nitrogens with zero attached hydrogens (tertiary/aromatic N) is 1. The van der Waals surface area contributed by atoms with E-state index in [4.69, 9.17) is 9.29 Å². The summed E-state index contributed by atoms with van der Waals surface area (Å²) >= 11 is 0. The van der Waals surface area contributed by atoms with Gasteiger partial charge in [-0.2, -0.15) is 8.42 Å². The molecule has 122 valence electrons. The Bertz CT molecular complexity index is 654. The van der Waals surface area contributed by atoms with E-state index in [0.717, 1.165) is 17.5 Å². The maximum absolute atomic E-state index is 12.0. The van der Waals surface area contributed by atoms with Gasteiger partial charge in [0.25, 0.3) is 16.0 Å². The van der Waals surface area contributed by atoms with E-state index < -0.39 is 10.1 Å². The first-order valence-corrected chi connectivity index (χ1v) is 8.80. The highest BCUT2D eigenvalue weighted by Gasteiger charge is 2.22. The summed E-state index contributed by atoms with van der Waals surface area (Å²) < 4.78 is 36.0. The molecule has 0 spiro atoms. The monoisotopic (exact) mass is 327 g/mol. The van der Waals surface area contributed by atoms with Crippen molar-refractivity contribution >= 4 is 16.0 Å². The molecule has 1 heterocycles. The molecule has 1 aliphatic rings. The van der Waals surface area contributed by atoms with Crippen LogP contribution in [0.4, 0.5) is 0 Å². The van der Waals surface area contributed by atoms with E-state index in [9.17, 15) is 13.2 Å². The summed E-state index contributed by atoms with van der Waals surface area (Å²) in [4.78, 5) is 13.5. The summed E-state index contributed by atoms with van der Waals surface area (Å²) in [6.45, 7) is 0.545. The molecule has 22 heavy (non-hydrogen) atoms. The summed E-state index contributed by atoms with van der Waals surface area (Å²) in [5.41, 5.74) is 2.70. The molecule has 1 unspecified atom stereocenters. The van der Waals surface area contributed by atoms with E-state index >= 15 is 0 Å². The number of fused-ring (bicyclic) bond motifs is 1. The van der Waals surface area contributed by atoms with Crippen LogP contribution in [0.25, 0.3) is 0 Å². The third-order valence-electron chi connectivity index (χ3n) is 3.70. The van der Waals surface area contributed by atoms with Gasteiger partial charge in [-0.15, -0.1) is 0 Å². The van der Waals surface area contributed by atoms with Crippen molar-refractivity contribution in [3.63, 3.8) is 0 Å². The van der Waals surface area contributed by atoms with Crippen LogP contribution in [0.3, 0.4) is 0 Å². The van der Waals surface area contributed by atoms with Crippen LogP contribution in [0.5, 0.6) is 0 Å². The van der Waals surface area contributed by atoms with E-state index in [1.165, 1.54) is 4.90 Å². The lowest BCUT2D eigenvalue weighted by Gasteiger charge is -2.26. The van der Waals surface area contributed by atoms with Crippen molar-refractivity contribution in [3.8, 4) is 0 Å². The van der Waals surface area contributed by atoms with Crippen molar-refractivity contribution in [2.24, 2.45) is 0 Å². The maximum atomic E-state index is 12.0. The Morgan fingerprint density at radius 3 is 2.77 bits per heavy atom. The summed E-state index contributed by atoms with van der Waals surface area (Å²) in [6, 6.07) is 5.53. The average molecular weight is 327 g/mol. The Morgan fingerprint density at radius 1 is 1.41 bits per heavy atom. The first-order valence-electron chi connectivity index (χ1n) is 7.19. The van der Waals surface area contributed by atoms with Gasteiger partial charge in [0.1, 0.15) is 0 Å². The zero-order chi connectivity index (χ0) is 16.3. The fraction of sp³-hybridized carbons (Fsp3) is 0.533. The predicted molar refractivity (Wildman–Crippen MR) is 82.5 cm³/mol. The molecule has 0 bridgehead atoms. The Morgan fingerprint density at radius 2 is 2.14 bits per heavy atom. The highest BCUT2D eigenvalue weighted by molar-refractivity contribution is 7.85. The number of ether oxygens (including phenoxy) is 1. The SMILES string of the molecule is CN(C)C(=O)c1ccc2c(c1)CCOC2CCCS(=O)(=O)O. The Balaban J connectivity index is 2.12. The minimum Gasteiger partial charge on any atom is -0.373 e. The third kappa shape index (κ3) is 4.28. The second-order valence-corrected chi connectivity index (χ2v) is 7.22. The first-order chi connectivity index (χ1) is 10.3. The molecular weight excluding hydrogens is 306 g/mol. The quantitative estimate of drug-likeness (QED) is 0.832. The van der Waals surface area contributed by atoms with Gasteiger partial charge in [-0.05, 0) is 42.5 Å². The predicted octanol–water partition coefficient (Wildman–Crippen LogP) is 1.67. The highest BCUT2D eigenvalue weighted by atomic mass is 32.2. The molecule has 1 aliphatic heterocycles. The molecule has 0 fully saturated rings. The summed E-state index contributed by atoms with van der Waals surface area (Å²) in [6.07, 6.45) is 1.40. The number of hydrogen-bond donors (Lipinski definition) is 1. The summed E-state index contributed by atoms with van der Waals surface area (Å²) in [5, 5.41) is 0. The molecule has 0 saturated carbocycles. The van der Waals surface area contributed by atoms with E-state index in [-0.39, 0.29) is 17.8 Å². The number of hydrogen-bond acceptors (Lipinski definition) is 4. The standard InChI is InChI=1S/C15H21NO5S/c1-16(2)15(17)12-5-6-13-11(10-12)7-8-21-14(13)4-3-9-22(18,19)20/h5-6,10,14H,3-4,7-9H2,1-2H3,(H,18,19,20). The van der Waals surface area contributed by atoms with Crippen molar-refractivity contribution < 1.29 is 22.5 Å². The number of carbonyl (C=O) groups excluding carboxylic acids is 1. The summed E-state index contributed by atoms with van der Waals surface area (Å²) in [7, 11) is -0.513. The smallest absolute Gasteiger partial charge is 0.264 e. The number of rotatable bonds is 5. The number of amides is 1. The molecule has 1 aromatic carbocycles. The molecule has 0 aromatic heterocycles. The molecule has 0 aliphatic carbocycles. The second kappa shape index (κ2) is 6.76. The minimum atomic E-state index is -3.94.